The summed E-state index contributed by atoms with van der Waals surface area (Å²) in [5, 5.41) is 5.50. The van der Waals surface area contributed by atoms with Crippen molar-refractivity contribution in [2.75, 3.05) is 5.43 Å². The van der Waals surface area contributed by atoms with Crippen molar-refractivity contribution < 1.29 is 9.32 Å². The van der Waals surface area contributed by atoms with Crippen molar-refractivity contribution in [3.8, 4) is 11.3 Å². The highest BCUT2D eigenvalue weighted by atomic mass is 35.5. The minimum absolute atomic E-state index is 0.200. The summed E-state index contributed by atoms with van der Waals surface area (Å²) in [6, 6.07) is 9.83. The van der Waals surface area contributed by atoms with Crippen LogP contribution in [0.2, 0.25) is 20.1 Å². The van der Waals surface area contributed by atoms with Crippen LogP contribution < -0.4 is 10.9 Å². The van der Waals surface area contributed by atoms with E-state index in [-0.39, 0.29) is 11.3 Å². The Balaban J connectivity index is 1.91. The highest BCUT2D eigenvalue weighted by molar-refractivity contribution is 6.39. The molecular weight excluding hydrogens is 420 g/mol. The number of aryl methyl sites for hydroxylation is 1. The topological polar surface area (TPSA) is 67.2 Å². The molecule has 0 spiro atoms. The van der Waals surface area contributed by atoms with Crippen LogP contribution in [0.15, 0.2) is 40.9 Å². The molecule has 0 aliphatic carbocycles. The summed E-state index contributed by atoms with van der Waals surface area (Å²) in [6.45, 7) is 1.61. The molecule has 0 aliphatic rings. The maximum absolute atomic E-state index is 12.7. The van der Waals surface area contributed by atoms with Gasteiger partial charge >= 0.3 is 0 Å². The largest absolute Gasteiger partial charge is 0.360 e. The van der Waals surface area contributed by atoms with Crippen LogP contribution in [0.5, 0.6) is 0 Å². The van der Waals surface area contributed by atoms with Gasteiger partial charge in [-0.1, -0.05) is 57.6 Å². The summed E-state index contributed by atoms with van der Waals surface area (Å²) < 4.78 is 5.17. The molecule has 0 atom stereocenters. The van der Waals surface area contributed by atoms with Crippen molar-refractivity contribution >= 4 is 58.0 Å². The van der Waals surface area contributed by atoms with Crippen molar-refractivity contribution in [3.63, 3.8) is 0 Å². The average Bonchev–Trinajstić information content (AvgIpc) is 2.96. The quantitative estimate of drug-likeness (QED) is 0.496. The number of nitrogens with one attached hydrogen (secondary N) is 2. The van der Waals surface area contributed by atoms with E-state index < -0.39 is 5.91 Å². The number of hydrogen-bond donors (Lipinski definition) is 2. The summed E-state index contributed by atoms with van der Waals surface area (Å²) in [6.07, 6.45) is 0. The van der Waals surface area contributed by atoms with E-state index in [0.29, 0.717) is 37.1 Å². The second kappa shape index (κ2) is 7.76. The van der Waals surface area contributed by atoms with Gasteiger partial charge < -0.3 is 4.52 Å². The third-order valence-corrected chi connectivity index (χ3v) is 4.72. The van der Waals surface area contributed by atoms with Crippen molar-refractivity contribution in [1.29, 1.82) is 0 Å². The van der Waals surface area contributed by atoms with Crippen molar-refractivity contribution in [2.45, 2.75) is 6.92 Å². The molecule has 0 aliphatic heterocycles. The Morgan fingerprint density at radius 2 is 1.73 bits per heavy atom. The first-order valence-corrected chi connectivity index (χ1v) is 8.81. The molecule has 2 N–H and O–H groups in total. The van der Waals surface area contributed by atoms with E-state index in [1.807, 2.05) is 0 Å². The van der Waals surface area contributed by atoms with Gasteiger partial charge in [0.05, 0.1) is 20.8 Å². The number of halogens is 4. The predicted octanol–water partition coefficient (Wildman–Crippen LogP) is 6.02. The third kappa shape index (κ3) is 3.76. The van der Waals surface area contributed by atoms with E-state index in [4.69, 9.17) is 50.9 Å². The van der Waals surface area contributed by atoms with Gasteiger partial charge in [-0.05, 0) is 37.3 Å². The zero-order chi connectivity index (χ0) is 18.8. The van der Waals surface area contributed by atoms with Crippen LogP contribution >= 0.6 is 46.4 Å². The lowest BCUT2D eigenvalue weighted by Gasteiger charge is -2.11. The van der Waals surface area contributed by atoms with Crippen LogP contribution in [-0.4, -0.2) is 11.1 Å². The second-order valence-corrected chi connectivity index (χ2v) is 6.92. The SMILES string of the molecule is Cc1onc(-c2c(Cl)cccc2Cl)c1C(=O)NNc1cc(Cl)ccc1Cl. The van der Waals surface area contributed by atoms with Gasteiger partial charge in [0.15, 0.2) is 0 Å². The summed E-state index contributed by atoms with van der Waals surface area (Å²) >= 11 is 24.4. The first-order valence-electron chi connectivity index (χ1n) is 7.30. The van der Waals surface area contributed by atoms with Gasteiger partial charge in [-0.2, -0.15) is 0 Å². The van der Waals surface area contributed by atoms with Crippen LogP contribution in [0.25, 0.3) is 11.3 Å². The van der Waals surface area contributed by atoms with Crippen LogP contribution in [0, 0.1) is 6.92 Å². The Labute approximate surface area is 169 Å². The molecule has 1 amide bonds. The van der Waals surface area contributed by atoms with E-state index in [0.717, 1.165) is 0 Å². The Kier molecular flexibility index (Phi) is 5.63. The van der Waals surface area contributed by atoms with Crippen molar-refractivity contribution in [3.05, 3.63) is 67.8 Å². The van der Waals surface area contributed by atoms with E-state index in [1.54, 1.807) is 43.3 Å². The zero-order valence-corrected chi connectivity index (χ0v) is 16.3. The number of carbonyl (C=O) groups is 1. The number of benzene rings is 2. The van der Waals surface area contributed by atoms with Gasteiger partial charge in [0.25, 0.3) is 5.91 Å². The van der Waals surface area contributed by atoms with Crippen molar-refractivity contribution in [1.82, 2.24) is 10.6 Å². The molecule has 0 unspecified atom stereocenters. The molecule has 1 heterocycles. The molecule has 0 saturated heterocycles. The normalized spacial score (nSPS) is 10.7. The van der Waals surface area contributed by atoms with E-state index >= 15 is 0 Å². The van der Waals surface area contributed by atoms with E-state index in [9.17, 15) is 4.79 Å². The number of amides is 1. The molecule has 1 aromatic heterocycles. The molecule has 0 radical (unpaired) electrons. The predicted molar refractivity (Wildman–Crippen MR) is 104 cm³/mol. The second-order valence-electron chi connectivity index (χ2n) is 5.26. The minimum Gasteiger partial charge on any atom is -0.360 e. The molecule has 3 aromatic rings. The van der Waals surface area contributed by atoms with Gasteiger partial charge in [-0.3, -0.25) is 15.6 Å². The van der Waals surface area contributed by atoms with Gasteiger partial charge in [-0.15, -0.1) is 0 Å². The molecule has 0 saturated carbocycles. The van der Waals surface area contributed by atoms with E-state index in [1.165, 1.54) is 0 Å². The van der Waals surface area contributed by atoms with Crippen LogP contribution in [0.4, 0.5) is 5.69 Å². The number of rotatable bonds is 4. The summed E-state index contributed by atoms with van der Waals surface area (Å²) in [7, 11) is 0. The molecule has 26 heavy (non-hydrogen) atoms. The van der Waals surface area contributed by atoms with E-state index in [2.05, 4.69) is 16.0 Å². The Hall–Kier alpha value is -1.92. The van der Waals surface area contributed by atoms with Crippen molar-refractivity contribution in [2.24, 2.45) is 0 Å². The summed E-state index contributed by atoms with van der Waals surface area (Å²) in [5.74, 6) is -0.182. The monoisotopic (exact) mass is 429 g/mol. The molecule has 9 heteroatoms. The maximum Gasteiger partial charge on any atom is 0.275 e. The molecular formula is C17H11Cl4N3O2. The molecule has 0 bridgehead atoms. The average molecular weight is 431 g/mol. The first-order chi connectivity index (χ1) is 12.4. The van der Waals surface area contributed by atoms with Crippen LogP contribution in [0.3, 0.4) is 0 Å². The molecule has 5 nitrogen and oxygen atoms in total. The third-order valence-electron chi connectivity index (χ3n) is 3.53. The highest BCUT2D eigenvalue weighted by Crippen LogP contribution is 2.36. The lowest BCUT2D eigenvalue weighted by atomic mass is 10.1. The zero-order valence-electron chi connectivity index (χ0n) is 13.2. The van der Waals surface area contributed by atoms with Crippen LogP contribution in [-0.2, 0) is 0 Å². The standard InChI is InChI=1S/C17H11Cl4N3O2/c1-8-14(16(24-26-8)15-11(20)3-2-4-12(15)21)17(25)23-22-13-7-9(18)5-6-10(13)19/h2-7,22H,1H3,(H,23,25). The van der Waals surface area contributed by atoms with Gasteiger partial charge in [-0.25, -0.2) is 0 Å². The number of anilines is 1. The molecule has 2 aromatic carbocycles. The first kappa shape index (κ1) is 18.9. The summed E-state index contributed by atoms with van der Waals surface area (Å²) in [5.41, 5.74) is 6.57. The Morgan fingerprint density at radius 1 is 1.04 bits per heavy atom. The maximum atomic E-state index is 12.7. The number of nitrogens with zero attached hydrogens (tertiary/aromatic N) is 1. The lowest BCUT2D eigenvalue weighted by Crippen LogP contribution is -2.30. The van der Waals surface area contributed by atoms with Gasteiger partial charge in [0.1, 0.15) is 17.0 Å². The number of hydrogen-bond acceptors (Lipinski definition) is 4. The number of hydrazine groups is 1. The number of carbonyl (C=O) groups excluding carboxylic acids is 1. The molecule has 3 rings (SSSR count). The minimum atomic E-state index is -0.495. The fourth-order valence-corrected chi connectivity index (χ4v) is 3.23. The Bertz CT molecular complexity index is 968. The molecule has 0 fully saturated rings. The Morgan fingerprint density at radius 3 is 2.42 bits per heavy atom. The fraction of sp³-hybridized carbons (Fsp3) is 0.0588. The van der Waals surface area contributed by atoms with Crippen LogP contribution in [0.1, 0.15) is 16.1 Å². The highest BCUT2D eigenvalue weighted by Gasteiger charge is 2.24. The fourth-order valence-electron chi connectivity index (χ4n) is 2.31. The lowest BCUT2D eigenvalue weighted by molar-refractivity contribution is 0.0961. The smallest absolute Gasteiger partial charge is 0.275 e. The van der Waals surface area contributed by atoms with Gasteiger partial charge in [0, 0.05) is 10.6 Å². The van der Waals surface area contributed by atoms with Gasteiger partial charge in [0.2, 0.25) is 0 Å². The summed E-state index contributed by atoms with van der Waals surface area (Å²) in [4.78, 5) is 12.7. The number of aromatic nitrogens is 1. The molecule has 134 valence electrons.